The number of aromatic hydroxyl groups is 1. The van der Waals surface area contributed by atoms with Crippen LogP contribution in [0.4, 0.5) is 4.79 Å². The summed E-state index contributed by atoms with van der Waals surface area (Å²) >= 11 is 0. The van der Waals surface area contributed by atoms with Gasteiger partial charge in [0.05, 0.1) is 98.4 Å². The highest BCUT2D eigenvalue weighted by Gasteiger charge is 2.49. The number of oxime groups is 1. The average Bonchev–Trinajstić information content (AvgIpc) is 4.11. The molecule has 488 valence electrons. The number of rotatable bonds is 29. The predicted octanol–water partition coefficient (Wildman–Crippen LogP) is 12.6. The predicted molar refractivity (Wildman–Crippen MR) is 326 cm³/mol. The molecule has 0 aliphatic carbocycles. The number of phenols is 1. The van der Waals surface area contributed by atoms with Gasteiger partial charge in [0.2, 0.25) is 0 Å². The van der Waals surface area contributed by atoms with Crippen molar-refractivity contribution in [2.45, 2.75) is 208 Å². The van der Waals surface area contributed by atoms with Gasteiger partial charge in [0.1, 0.15) is 24.7 Å². The van der Waals surface area contributed by atoms with Crippen molar-refractivity contribution >= 4 is 47.6 Å². The van der Waals surface area contributed by atoms with Crippen molar-refractivity contribution in [1.29, 1.82) is 0 Å². The summed E-state index contributed by atoms with van der Waals surface area (Å²) in [7, 11) is 1.45. The van der Waals surface area contributed by atoms with Crippen molar-refractivity contribution in [2.24, 2.45) is 50.5 Å². The average molecular weight is 1200 g/mol. The molecule has 5 atom stereocenters. The van der Waals surface area contributed by atoms with E-state index in [9.17, 15) is 33.6 Å². The number of aliphatic hydroxyl groups is 1. The lowest BCUT2D eigenvalue weighted by atomic mass is 9.74. The van der Waals surface area contributed by atoms with Crippen molar-refractivity contribution in [3.8, 4) is 11.5 Å². The van der Waals surface area contributed by atoms with Crippen LogP contribution in [0.25, 0.3) is 0 Å². The lowest BCUT2D eigenvalue weighted by Crippen LogP contribution is -2.46. The Labute approximate surface area is 505 Å². The van der Waals surface area contributed by atoms with Gasteiger partial charge in [0.25, 0.3) is 0 Å². The lowest BCUT2D eigenvalue weighted by molar-refractivity contribution is -0.173. The van der Waals surface area contributed by atoms with Crippen LogP contribution in [0.2, 0.25) is 0 Å². The summed E-state index contributed by atoms with van der Waals surface area (Å²) in [6, 6.07) is 6.11. The van der Waals surface area contributed by atoms with Crippen molar-refractivity contribution in [3.05, 3.63) is 24.3 Å². The molecule has 1 amide bonds. The first kappa shape index (κ1) is 82.9. The Hall–Kier alpha value is -5.34. The van der Waals surface area contributed by atoms with Gasteiger partial charge < -0.3 is 53.4 Å². The second-order valence-electron chi connectivity index (χ2n) is 22.6. The summed E-state index contributed by atoms with van der Waals surface area (Å²) in [5.41, 5.74) is -0.501. The molecule has 2 fully saturated rings. The Balaban J connectivity index is -0.000000945. The van der Waals surface area contributed by atoms with Crippen LogP contribution in [0.1, 0.15) is 208 Å². The maximum absolute atomic E-state index is 11.7. The molecule has 5 unspecified atom stereocenters. The Kier molecular flexibility index (Phi) is 46.3. The van der Waals surface area contributed by atoms with Gasteiger partial charge in [0.15, 0.2) is 0 Å². The highest BCUT2D eigenvalue weighted by molar-refractivity contribution is 5.82. The number of hydrogen-bond donors (Lipinski definition) is 3. The maximum atomic E-state index is 11.7. The van der Waals surface area contributed by atoms with Gasteiger partial charge in [-0.25, -0.2) is 4.79 Å². The van der Waals surface area contributed by atoms with Crippen molar-refractivity contribution < 1.29 is 86.5 Å². The standard InChI is InChI=1S/C13H24N2O4.C12H16O3.C11H20O3.C10H18O3.C9H18O3.C9H18O2/c1-6-10(3)15-19-12(17)14-8-9-18-11(16)13(4,5)7-2;1-4-12(2,3)11(14)15-10-7-5-9(13)6-8-10;1-4-9(3)10(12)14-8-11(5-2)6-13-7-11;1-4-8-6-13-7-10(8,5-2)9(11)12-3;1-3-8(2)9(11)12-7-5-4-6-10;1-4-6-7-11-9(10)8(3)5-2/h6-9H2,1-5H3,(H,14,17);5-8,13H,4H2,1-3H3;9H,4-8H2,1-3H3;8H,4-7H2,1-3H3;8,10H,3-7H2,1-2H3;8H,4-7H2,1-3H3/b15-10-;;;;;. The summed E-state index contributed by atoms with van der Waals surface area (Å²) in [5.74, 6) is 0.119. The van der Waals surface area contributed by atoms with Gasteiger partial charge in [-0.15, -0.1) is 0 Å². The molecular weight excluding hydrogens is 1080 g/mol. The first-order valence-corrected chi connectivity index (χ1v) is 30.6. The van der Waals surface area contributed by atoms with E-state index in [1.807, 2.05) is 96.9 Å². The van der Waals surface area contributed by atoms with Gasteiger partial charge in [0, 0.05) is 12.5 Å². The smallest absolute Gasteiger partial charge is 0.433 e. The van der Waals surface area contributed by atoms with Crippen LogP contribution < -0.4 is 10.1 Å². The van der Waals surface area contributed by atoms with E-state index >= 15 is 0 Å². The van der Waals surface area contributed by atoms with E-state index < -0.39 is 16.9 Å². The third kappa shape index (κ3) is 34.6. The SMILES string of the molecule is CC/C(C)=N\OC(=O)NCCOC(=O)C(C)(C)CC.CCC(C)(C)C(=O)Oc1ccc(O)cc1.CCC(C)C(=O)OCC1(CC)COC1.CCC(C)C(=O)OCCCCO.CCC1COCC1(CC)C(=O)OC.CCCCOC(=O)C(C)CC. The van der Waals surface area contributed by atoms with Gasteiger partial charge in [-0.1, -0.05) is 102 Å². The molecular formula is C64H114N2O18. The quantitative estimate of drug-likeness (QED) is 0.0128. The number of esters is 6. The summed E-state index contributed by atoms with van der Waals surface area (Å²) in [6.07, 6.45) is 10.3. The molecule has 20 nitrogen and oxygen atoms in total. The number of hydrogen-bond acceptors (Lipinski definition) is 19. The minimum atomic E-state index is -0.654. The fraction of sp³-hybridized carbons (Fsp3) is 0.781. The second kappa shape index (κ2) is 46.9. The fourth-order valence-corrected chi connectivity index (χ4v) is 6.52. The van der Waals surface area contributed by atoms with Gasteiger partial charge >= 0.3 is 41.9 Å². The molecule has 0 spiro atoms. The normalized spacial score (nSPS) is 16.8. The van der Waals surface area contributed by atoms with Crippen LogP contribution in [-0.2, 0) is 66.8 Å². The van der Waals surface area contributed by atoms with E-state index in [1.54, 1.807) is 19.1 Å². The molecule has 1 aromatic rings. The Morgan fingerprint density at radius 3 is 1.61 bits per heavy atom. The van der Waals surface area contributed by atoms with E-state index in [-0.39, 0.29) is 89.9 Å². The van der Waals surface area contributed by atoms with E-state index in [2.05, 4.69) is 36.1 Å². The molecule has 84 heavy (non-hydrogen) atoms. The maximum Gasteiger partial charge on any atom is 0.433 e. The first-order valence-electron chi connectivity index (χ1n) is 30.6. The monoisotopic (exact) mass is 1200 g/mol. The molecule has 0 bridgehead atoms. The molecule has 2 heterocycles. The number of methoxy groups -OCH3 is 1. The van der Waals surface area contributed by atoms with Crippen LogP contribution in [0.15, 0.2) is 29.4 Å². The van der Waals surface area contributed by atoms with Crippen molar-refractivity contribution in [2.75, 3.05) is 73.1 Å². The number of carbonyl (C=O) groups is 7. The molecule has 2 aliphatic heterocycles. The van der Waals surface area contributed by atoms with Gasteiger partial charge in [-0.2, -0.15) is 0 Å². The zero-order valence-corrected chi connectivity index (χ0v) is 55.3. The largest absolute Gasteiger partial charge is 0.508 e. The number of carbonyl (C=O) groups excluding carboxylic acids is 7. The Bertz CT molecular complexity index is 2000. The molecule has 0 saturated carbocycles. The third-order valence-corrected chi connectivity index (χ3v) is 15.2. The Morgan fingerprint density at radius 1 is 0.679 bits per heavy atom. The van der Waals surface area contributed by atoms with Crippen LogP contribution in [0.3, 0.4) is 0 Å². The zero-order chi connectivity index (χ0) is 65.0. The first-order chi connectivity index (χ1) is 39.6. The molecule has 2 aliphatic rings. The number of amides is 1. The van der Waals surface area contributed by atoms with Crippen molar-refractivity contribution in [3.63, 3.8) is 0 Å². The fourth-order valence-electron chi connectivity index (χ4n) is 6.52. The summed E-state index contributed by atoms with van der Waals surface area (Å²) in [6.45, 7) is 39.5. The number of phenolic OH excluding ortho intramolecular Hbond substituents is 1. The van der Waals surface area contributed by atoms with Crippen LogP contribution in [-0.4, -0.2) is 131 Å². The zero-order valence-electron chi connectivity index (χ0n) is 55.3. The lowest BCUT2D eigenvalue weighted by Gasteiger charge is -2.40. The van der Waals surface area contributed by atoms with Gasteiger partial charge in [-0.05, 0) is 136 Å². The molecule has 3 rings (SSSR count). The summed E-state index contributed by atoms with van der Waals surface area (Å²) < 4.78 is 40.8. The number of nitrogens with one attached hydrogen (secondary N) is 1. The van der Waals surface area contributed by atoms with E-state index in [4.69, 9.17) is 48.1 Å². The van der Waals surface area contributed by atoms with E-state index in [1.165, 1.54) is 19.2 Å². The van der Waals surface area contributed by atoms with Crippen LogP contribution >= 0.6 is 0 Å². The minimum Gasteiger partial charge on any atom is -0.508 e. The number of benzene rings is 1. The van der Waals surface area contributed by atoms with Gasteiger partial charge in [-0.3, -0.25) is 33.6 Å². The topological polar surface area (TPSA) is 267 Å². The highest BCUT2D eigenvalue weighted by atomic mass is 16.7. The molecule has 2 saturated heterocycles. The number of nitrogens with zero attached hydrogens (tertiary/aromatic N) is 1. The third-order valence-electron chi connectivity index (χ3n) is 15.2. The van der Waals surface area contributed by atoms with Crippen molar-refractivity contribution in [1.82, 2.24) is 5.32 Å². The number of ether oxygens (including phenoxy) is 8. The van der Waals surface area contributed by atoms with E-state index in [0.29, 0.717) is 57.5 Å². The number of aliphatic hydroxyl groups excluding tert-OH is 1. The van der Waals surface area contributed by atoms with Crippen LogP contribution in [0, 0.1) is 45.3 Å². The second-order valence-corrected chi connectivity index (χ2v) is 22.6. The summed E-state index contributed by atoms with van der Waals surface area (Å²) in [5, 5.41) is 23.5. The molecule has 1 aromatic carbocycles. The van der Waals surface area contributed by atoms with E-state index in [0.717, 1.165) is 89.6 Å². The molecule has 20 heteroatoms. The Morgan fingerprint density at radius 2 is 1.19 bits per heavy atom. The summed E-state index contributed by atoms with van der Waals surface area (Å²) in [4.78, 5) is 84.2. The molecule has 0 aromatic heterocycles. The van der Waals surface area contributed by atoms with Crippen LogP contribution in [0.5, 0.6) is 11.5 Å². The minimum absolute atomic E-state index is 0.000809. The number of unbranched alkanes of at least 4 members (excludes halogenated alkanes) is 2. The highest BCUT2D eigenvalue weighted by Crippen LogP contribution is 2.40. The molecule has 3 N–H and O–H groups in total. The molecule has 0 radical (unpaired) electrons.